The van der Waals surface area contributed by atoms with E-state index in [1.165, 1.54) is 11.3 Å². The predicted octanol–water partition coefficient (Wildman–Crippen LogP) is 2.85. The maximum Gasteiger partial charge on any atom is 0.245 e. The van der Waals surface area contributed by atoms with Gasteiger partial charge in [-0.1, -0.05) is 23.7 Å². The summed E-state index contributed by atoms with van der Waals surface area (Å²) in [5.74, 6) is -0.153. The molecule has 1 heterocycles. The standard InChI is InChI=1S/C11H10ClN3OS/c12-8-3-1-2-4-9(8)14-7-10(16)15-11-13-5-6-17-11/h1-6,14H,7H2,(H,13,15,16). The first-order valence-electron chi connectivity index (χ1n) is 4.93. The number of halogens is 1. The molecule has 4 nitrogen and oxygen atoms in total. The number of anilines is 2. The Balaban J connectivity index is 1.86. The van der Waals surface area contributed by atoms with E-state index in [0.717, 1.165) is 5.69 Å². The average Bonchev–Trinajstić information content (AvgIpc) is 2.81. The number of hydrogen-bond donors (Lipinski definition) is 2. The third-order valence-corrected chi connectivity index (χ3v) is 3.01. The third-order valence-electron chi connectivity index (χ3n) is 1.99. The zero-order chi connectivity index (χ0) is 12.1. The van der Waals surface area contributed by atoms with Gasteiger partial charge in [-0.2, -0.15) is 0 Å². The zero-order valence-electron chi connectivity index (χ0n) is 8.81. The molecule has 0 saturated carbocycles. The Morgan fingerprint density at radius 2 is 2.24 bits per heavy atom. The van der Waals surface area contributed by atoms with Crippen molar-refractivity contribution >= 4 is 39.7 Å². The van der Waals surface area contributed by atoms with E-state index in [0.29, 0.717) is 10.2 Å². The van der Waals surface area contributed by atoms with E-state index in [1.54, 1.807) is 17.6 Å². The molecule has 0 fully saturated rings. The van der Waals surface area contributed by atoms with E-state index >= 15 is 0 Å². The molecule has 0 bridgehead atoms. The Morgan fingerprint density at radius 1 is 1.41 bits per heavy atom. The lowest BCUT2D eigenvalue weighted by molar-refractivity contribution is -0.114. The van der Waals surface area contributed by atoms with Crippen LogP contribution in [0.3, 0.4) is 0 Å². The predicted molar refractivity (Wildman–Crippen MR) is 70.7 cm³/mol. The summed E-state index contributed by atoms with van der Waals surface area (Å²) in [6, 6.07) is 7.28. The van der Waals surface area contributed by atoms with E-state index in [2.05, 4.69) is 15.6 Å². The third kappa shape index (κ3) is 3.44. The Kier molecular flexibility index (Phi) is 3.95. The van der Waals surface area contributed by atoms with Crippen LogP contribution in [0.5, 0.6) is 0 Å². The van der Waals surface area contributed by atoms with Crippen LogP contribution in [0.15, 0.2) is 35.8 Å². The fourth-order valence-corrected chi connectivity index (χ4v) is 1.98. The smallest absolute Gasteiger partial charge is 0.245 e. The van der Waals surface area contributed by atoms with Crippen LogP contribution in [0, 0.1) is 0 Å². The van der Waals surface area contributed by atoms with Gasteiger partial charge in [-0.15, -0.1) is 11.3 Å². The molecule has 0 aliphatic heterocycles. The van der Waals surface area contributed by atoms with Gasteiger partial charge in [0.2, 0.25) is 5.91 Å². The van der Waals surface area contributed by atoms with Gasteiger partial charge in [0.1, 0.15) is 0 Å². The number of hydrogen-bond acceptors (Lipinski definition) is 4. The van der Waals surface area contributed by atoms with Crippen LogP contribution >= 0.6 is 22.9 Å². The van der Waals surface area contributed by atoms with E-state index in [-0.39, 0.29) is 12.5 Å². The van der Waals surface area contributed by atoms with Crippen LogP contribution in [0.2, 0.25) is 5.02 Å². The molecule has 1 aromatic carbocycles. The van der Waals surface area contributed by atoms with Crippen LogP contribution in [-0.4, -0.2) is 17.4 Å². The topological polar surface area (TPSA) is 54.0 Å². The molecule has 6 heteroatoms. The van der Waals surface area contributed by atoms with Gasteiger partial charge in [-0.3, -0.25) is 4.79 Å². The lowest BCUT2D eigenvalue weighted by Crippen LogP contribution is -2.21. The van der Waals surface area contributed by atoms with E-state index in [9.17, 15) is 4.79 Å². The molecular formula is C11H10ClN3OS. The quantitative estimate of drug-likeness (QED) is 0.896. The molecular weight excluding hydrogens is 258 g/mol. The SMILES string of the molecule is O=C(CNc1ccccc1Cl)Nc1nccs1. The van der Waals surface area contributed by atoms with Crippen LogP contribution in [-0.2, 0) is 4.79 Å². The van der Waals surface area contributed by atoms with Gasteiger partial charge in [0.25, 0.3) is 0 Å². The highest BCUT2D eigenvalue weighted by molar-refractivity contribution is 7.13. The van der Waals surface area contributed by atoms with Crippen molar-refractivity contribution in [3.8, 4) is 0 Å². The number of aromatic nitrogens is 1. The second kappa shape index (κ2) is 5.65. The molecule has 0 spiro atoms. The molecule has 0 unspecified atom stereocenters. The van der Waals surface area contributed by atoms with Gasteiger partial charge in [0, 0.05) is 11.6 Å². The summed E-state index contributed by atoms with van der Waals surface area (Å²) in [6.45, 7) is 0.156. The summed E-state index contributed by atoms with van der Waals surface area (Å²) in [5, 5.41) is 8.62. The number of para-hydroxylation sites is 1. The van der Waals surface area contributed by atoms with Crippen molar-refractivity contribution < 1.29 is 4.79 Å². The van der Waals surface area contributed by atoms with Crippen molar-refractivity contribution in [3.05, 3.63) is 40.9 Å². The molecule has 17 heavy (non-hydrogen) atoms. The molecule has 2 N–H and O–H groups in total. The first kappa shape index (κ1) is 11.9. The van der Waals surface area contributed by atoms with Gasteiger partial charge in [0.05, 0.1) is 17.3 Å². The Hall–Kier alpha value is -1.59. The van der Waals surface area contributed by atoms with Gasteiger partial charge in [-0.25, -0.2) is 4.98 Å². The van der Waals surface area contributed by atoms with Gasteiger partial charge < -0.3 is 10.6 Å². The van der Waals surface area contributed by atoms with E-state index < -0.39 is 0 Å². The molecule has 2 aromatic rings. The average molecular weight is 268 g/mol. The summed E-state index contributed by atoms with van der Waals surface area (Å²) in [6.07, 6.45) is 1.64. The lowest BCUT2D eigenvalue weighted by atomic mass is 10.3. The molecule has 2 rings (SSSR count). The fourth-order valence-electron chi connectivity index (χ4n) is 1.23. The number of nitrogens with one attached hydrogen (secondary N) is 2. The highest BCUT2D eigenvalue weighted by Gasteiger charge is 2.04. The molecule has 88 valence electrons. The van der Waals surface area contributed by atoms with E-state index in [4.69, 9.17) is 11.6 Å². The number of nitrogens with zero attached hydrogens (tertiary/aromatic N) is 1. The molecule has 0 saturated heterocycles. The number of benzene rings is 1. The summed E-state index contributed by atoms with van der Waals surface area (Å²) < 4.78 is 0. The van der Waals surface area contributed by atoms with Gasteiger partial charge in [-0.05, 0) is 12.1 Å². The minimum atomic E-state index is -0.153. The van der Waals surface area contributed by atoms with E-state index in [1.807, 2.05) is 18.2 Å². The molecule has 0 aliphatic rings. The van der Waals surface area contributed by atoms with Crippen LogP contribution in [0.4, 0.5) is 10.8 Å². The summed E-state index contributed by atoms with van der Waals surface area (Å²) in [5.41, 5.74) is 0.739. The second-order valence-electron chi connectivity index (χ2n) is 3.22. The number of thiazole rings is 1. The van der Waals surface area contributed by atoms with Crippen molar-refractivity contribution in [1.29, 1.82) is 0 Å². The first-order valence-corrected chi connectivity index (χ1v) is 6.19. The highest BCUT2D eigenvalue weighted by atomic mass is 35.5. The summed E-state index contributed by atoms with van der Waals surface area (Å²) in [7, 11) is 0. The minimum Gasteiger partial charge on any atom is -0.375 e. The van der Waals surface area contributed by atoms with Crippen LogP contribution in [0.1, 0.15) is 0 Å². The monoisotopic (exact) mass is 267 g/mol. The molecule has 0 aliphatic carbocycles. The van der Waals surface area contributed by atoms with Crippen molar-refractivity contribution in [2.24, 2.45) is 0 Å². The van der Waals surface area contributed by atoms with Gasteiger partial charge >= 0.3 is 0 Å². The minimum absolute atomic E-state index is 0.153. The number of amides is 1. The summed E-state index contributed by atoms with van der Waals surface area (Å²) >= 11 is 7.33. The maximum absolute atomic E-state index is 11.5. The first-order chi connectivity index (χ1) is 8.25. The molecule has 0 radical (unpaired) electrons. The number of carbonyl (C=O) groups excluding carboxylic acids is 1. The Morgan fingerprint density at radius 3 is 2.94 bits per heavy atom. The second-order valence-corrected chi connectivity index (χ2v) is 4.52. The molecule has 1 aromatic heterocycles. The Labute approximate surface area is 108 Å². The largest absolute Gasteiger partial charge is 0.375 e. The van der Waals surface area contributed by atoms with Gasteiger partial charge in [0.15, 0.2) is 5.13 Å². The van der Waals surface area contributed by atoms with Crippen molar-refractivity contribution in [1.82, 2.24) is 4.98 Å². The summed E-state index contributed by atoms with van der Waals surface area (Å²) in [4.78, 5) is 15.5. The molecule has 0 atom stereocenters. The molecule has 1 amide bonds. The van der Waals surface area contributed by atoms with Crippen molar-refractivity contribution in [3.63, 3.8) is 0 Å². The fraction of sp³-hybridized carbons (Fsp3) is 0.0909. The number of rotatable bonds is 4. The van der Waals surface area contributed by atoms with Crippen LogP contribution in [0.25, 0.3) is 0 Å². The van der Waals surface area contributed by atoms with Crippen LogP contribution < -0.4 is 10.6 Å². The lowest BCUT2D eigenvalue weighted by Gasteiger charge is -2.07. The Bertz CT molecular complexity index is 501. The van der Waals surface area contributed by atoms with Crippen molar-refractivity contribution in [2.75, 3.05) is 17.2 Å². The highest BCUT2D eigenvalue weighted by Crippen LogP contribution is 2.20. The normalized spacial score (nSPS) is 9.94. The maximum atomic E-state index is 11.5. The number of carbonyl (C=O) groups is 1. The van der Waals surface area contributed by atoms with Crippen molar-refractivity contribution in [2.45, 2.75) is 0 Å². The zero-order valence-corrected chi connectivity index (χ0v) is 10.4.